The molecule has 0 aliphatic heterocycles. The van der Waals surface area contributed by atoms with Gasteiger partial charge in [0.15, 0.2) is 18.9 Å². The van der Waals surface area contributed by atoms with E-state index in [0.29, 0.717) is 77.1 Å². The van der Waals surface area contributed by atoms with Crippen LogP contribution in [-0.4, -0.2) is 79.7 Å². The molecule has 6 aromatic rings. The van der Waals surface area contributed by atoms with E-state index in [4.69, 9.17) is 28.1 Å². The predicted molar refractivity (Wildman–Crippen MR) is 251 cm³/mol. The van der Waals surface area contributed by atoms with Crippen LogP contribution < -0.4 is 9.47 Å². The molecule has 0 saturated heterocycles. The van der Waals surface area contributed by atoms with Gasteiger partial charge in [0.05, 0.1) is 47.0 Å². The number of rotatable bonds is 16. The van der Waals surface area contributed by atoms with E-state index in [2.05, 4.69) is 15.5 Å². The first kappa shape index (κ1) is 57.1. The lowest BCUT2D eigenvalue weighted by atomic mass is 10.0. The summed E-state index contributed by atoms with van der Waals surface area (Å²) in [5.74, 6) is 3.63. The molecule has 16 nitrogen and oxygen atoms in total. The van der Waals surface area contributed by atoms with Gasteiger partial charge in [0.25, 0.3) is 0 Å². The Kier molecular flexibility index (Phi) is 24.3. The highest BCUT2D eigenvalue weighted by atomic mass is 16.5. The highest BCUT2D eigenvalue weighted by molar-refractivity contribution is 5.83. The van der Waals surface area contributed by atoms with Gasteiger partial charge in [-0.15, -0.1) is 0 Å². The number of hydrogen-bond donors (Lipinski definition) is 5. The Bertz CT molecular complexity index is 2460. The SMILES string of the molecule is C.C.Cc1cc(C=O)c(O)c(C)c1O.Cc1cc(CCCO)on1.Cc1cc(CCCOc2c(C)cc(C=O)c(O)c2C)on1.Cc1cc(CCCOc2c(C=O)cc(C)c(O)c2C)on1. The Morgan fingerprint density at radius 1 is 0.470 bits per heavy atom. The van der Waals surface area contributed by atoms with Gasteiger partial charge in [-0.05, 0) is 116 Å². The summed E-state index contributed by atoms with van der Waals surface area (Å²) in [7, 11) is 0. The lowest BCUT2D eigenvalue weighted by Gasteiger charge is -2.14. The van der Waals surface area contributed by atoms with Crippen molar-refractivity contribution < 1.29 is 63.0 Å². The van der Waals surface area contributed by atoms with Crippen molar-refractivity contribution in [2.75, 3.05) is 19.8 Å². The van der Waals surface area contributed by atoms with Gasteiger partial charge in [-0.1, -0.05) is 30.3 Å². The van der Waals surface area contributed by atoms with Gasteiger partial charge in [-0.25, -0.2) is 0 Å². The molecule has 0 fully saturated rings. The van der Waals surface area contributed by atoms with E-state index >= 15 is 0 Å². The van der Waals surface area contributed by atoms with Crippen molar-refractivity contribution >= 4 is 18.9 Å². The summed E-state index contributed by atoms with van der Waals surface area (Å²) in [5.41, 5.74) is 7.19. The first-order chi connectivity index (χ1) is 30.4. The van der Waals surface area contributed by atoms with E-state index in [1.54, 1.807) is 46.8 Å². The Morgan fingerprint density at radius 2 is 0.818 bits per heavy atom. The van der Waals surface area contributed by atoms with Crippen LogP contribution in [0.25, 0.3) is 0 Å². The molecule has 3 aromatic carbocycles. The minimum atomic E-state index is -0.145. The summed E-state index contributed by atoms with van der Waals surface area (Å²) >= 11 is 0. The molecule has 3 heterocycles. The Labute approximate surface area is 387 Å². The third kappa shape index (κ3) is 16.6. The molecule has 6 rings (SSSR count). The largest absolute Gasteiger partial charge is 0.507 e. The van der Waals surface area contributed by atoms with Gasteiger partial charge in [0.1, 0.15) is 51.8 Å². The third-order valence-corrected chi connectivity index (χ3v) is 9.75. The van der Waals surface area contributed by atoms with E-state index in [-0.39, 0.29) is 55.6 Å². The van der Waals surface area contributed by atoms with E-state index in [1.165, 1.54) is 6.07 Å². The number of aryl methyl sites for hydroxylation is 9. The van der Waals surface area contributed by atoms with E-state index in [1.807, 2.05) is 45.9 Å². The van der Waals surface area contributed by atoms with Crippen molar-refractivity contribution in [3.63, 3.8) is 0 Å². The minimum absolute atomic E-state index is 0. The fourth-order valence-corrected chi connectivity index (χ4v) is 6.35. The van der Waals surface area contributed by atoms with E-state index in [0.717, 1.165) is 78.3 Å². The van der Waals surface area contributed by atoms with Crippen molar-refractivity contribution in [1.29, 1.82) is 0 Å². The molecule has 3 aromatic heterocycles. The molecular weight excluding hydrogens is 851 g/mol. The number of carbonyl (C=O) groups is 3. The van der Waals surface area contributed by atoms with Crippen molar-refractivity contribution in [3.05, 3.63) is 121 Å². The highest BCUT2D eigenvalue weighted by Gasteiger charge is 2.15. The number of benzene rings is 3. The average Bonchev–Trinajstić information content (AvgIpc) is 4.03. The van der Waals surface area contributed by atoms with Gasteiger partial charge < -0.3 is 48.6 Å². The second-order valence-electron chi connectivity index (χ2n) is 15.2. The molecule has 360 valence electrons. The zero-order valence-corrected chi connectivity index (χ0v) is 37.9. The van der Waals surface area contributed by atoms with Gasteiger partial charge in [0.2, 0.25) is 0 Å². The lowest BCUT2D eigenvalue weighted by molar-refractivity contribution is 0.111. The van der Waals surface area contributed by atoms with Crippen LogP contribution >= 0.6 is 0 Å². The van der Waals surface area contributed by atoms with Crippen LogP contribution in [0.15, 0.2) is 50.0 Å². The quantitative estimate of drug-likeness (QED) is 0.0447. The molecule has 0 saturated carbocycles. The number of aliphatic hydroxyl groups is 1. The van der Waals surface area contributed by atoms with Crippen molar-refractivity contribution in [1.82, 2.24) is 15.5 Å². The van der Waals surface area contributed by atoms with Gasteiger partial charge in [0, 0.05) is 60.8 Å². The number of hydrogen-bond acceptors (Lipinski definition) is 16. The van der Waals surface area contributed by atoms with Crippen LogP contribution in [0, 0.1) is 62.3 Å². The smallest absolute Gasteiger partial charge is 0.153 e. The van der Waals surface area contributed by atoms with Crippen molar-refractivity contribution in [2.45, 2.75) is 116 Å². The van der Waals surface area contributed by atoms with Gasteiger partial charge in [-0.2, -0.15) is 0 Å². The number of aromatic nitrogens is 3. The molecule has 0 aliphatic rings. The Hall–Kier alpha value is -6.94. The summed E-state index contributed by atoms with van der Waals surface area (Å²) in [6.07, 6.45) is 6.46. The topological polar surface area (TPSA) is 249 Å². The maximum Gasteiger partial charge on any atom is 0.153 e. The Balaban J connectivity index is 0.000000455. The summed E-state index contributed by atoms with van der Waals surface area (Å²) in [5, 5.41) is 58.3. The van der Waals surface area contributed by atoms with Crippen LogP contribution in [0.3, 0.4) is 0 Å². The van der Waals surface area contributed by atoms with Crippen molar-refractivity contribution in [3.8, 4) is 34.5 Å². The molecule has 0 radical (unpaired) electrons. The summed E-state index contributed by atoms with van der Waals surface area (Å²) in [4.78, 5) is 32.4. The second kappa shape index (κ2) is 28.1. The predicted octanol–water partition coefficient (Wildman–Crippen LogP) is 9.97. The fraction of sp³-hybridized carbons (Fsp3) is 0.400. The summed E-state index contributed by atoms with van der Waals surface area (Å²) < 4.78 is 26.6. The number of aromatic hydroxyl groups is 4. The maximum absolute atomic E-state index is 11.1. The lowest BCUT2D eigenvalue weighted by Crippen LogP contribution is -2.04. The normalized spacial score (nSPS) is 10.1. The third-order valence-electron chi connectivity index (χ3n) is 9.75. The van der Waals surface area contributed by atoms with Gasteiger partial charge >= 0.3 is 0 Å². The number of nitrogens with zero attached hydrogens (tertiary/aromatic N) is 3. The number of phenolic OH excluding ortho intramolecular Hbond substituents is 4. The zero-order chi connectivity index (χ0) is 47.5. The summed E-state index contributed by atoms with van der Waals surface area (Å²) in [6, 6.07) is 10.4. The molecule has 66 heavy (non-hydrogen) atoms. The molecule has 0 amide bonds. The summed E-state index contributed by atoms with van der Waals surface area (Å²) in [6.45, 7) is 17.1. The minimum Gasteiger partial charge on any atom is -0.507 e. The van der Waals surface area contributed by atoms with Crippen LogP contribution in [0.5, 0.6) is 34.5 Å². The fourth-order valence-electron chi connectivity index (χ4n) is 6.35. The van der Waals surface area contributed by atoms with Crippen LogP contribution in [0.4, 0.5) is 0 Å². The number of aliphatic hydroxyl groups excluding tert-OH is 1. The molecule has 0 bridgehead atoms. The van der Waals surface area contributed by atoms with E-state index in [9.17, 15) is 34.8 Å². The second-order valence-corrected chi connectivity index (χ2v) is 15.2. The molecule has 5 N–H and O–H groups in total. The molecule has 0 aliphatic carbocycles. The number of ether oxygens (including phenoxy) is 2. The first-order valence-electron chi connectivity index (χ1n) is 20.6. The molecule has 16 heteroatoms. The van der Waals surface area contributed by atoms with Crippen molar-refractivity contribution in [2.24, 2.45) is 0 Å². The van der Waals surface area contributed by atoms with Crippen LogP contribution in [0.1, 0.15) is 133 Å². The van der Waals surface area contributed by atoms with Gasteiger partial charge in [-0.3, -0.25) is 14.4 Å². The molecular formula is C50H67N3O13. The first-order valence-corrected chi connectivity index (χ1v) is 20.6. The monoisotopic (exact) mass is 917 g/mol. The highest BCUT2D eigenvalue weighted by Crippen LogP contribution is 2.35. The van der Waals surface area contributed by atoms with E-state index < -0.39 is 0 Å². The number of carbonyl (C=O) groups excluding carboxylic acids is 3. The Morgan fingerprint density at radius 3 is 1.21 bits per heavy atom. The van der Waals surface area contributed by atoms with Crippen LogP contribution in [0.2, 0.25) is 0 Å². The van der Waals surface area contributed by atoms with Crippen LogP contribution in [-0.2, 0) is 19.3 Å². The number of aldehydes is 3. The average molecular weight is 918 g/mol. The molecule has 0 spiro atoms. The zero-order valence-electron chi connectivity index (χ0n) is 37.9. The molecule has 0 atom stereocenters. The number of phenols is 4. The standard InChI is InChI=1S/2C16H19NO4.C9H10O3.C7H11NO2.2CH4/c1-10-7-13(9-18)15(19)12(3)16(10)20-6-4-5-14-8-11(2)17-21-14;1-10-7-13(9-18)16(12(3)15(10)19)20-6-4-5-14-8-11(2)17-21-14;1-5-3-7(4-10)9(12)6(2)8(5)11;1-6-5-7(10-8-6)3-2-4-9;;/h2*7-9,19H,4-6H2,1-3H3;3-4,11-12H,1-2H3;5,9H,2-4H2,1H3;2*1H4. The molecule has 0 unspecified atom stereocenters. The maximum atomic E-state index is 11.1.